The molecule has 0 bridgehead atoms. The number of methoxy groups -OCH3 is 1. The molecule has 0 aliphatic rings. The molecule has 0 aliphatic heterocycles. The average Bonchev–Trinajstić information content (AvgIpc) is 2.77. The number of amides is 1. The number of anilines is 1. The normalized spacial score (nSPS) is 11.1. The first-order valence-electron chi connectivity index (χ1n) is 9.78. The first kappa shape index (κ1) is 22.4. The third-order valence-electron chi connectivity index (χ3n) is 4.90. The Kier molecular flexibility index (Phi) is 6.97. The lowest BCUT2D eigenvalue weighted by molar-refractivity contribution is 0.0785. The van der Waals surface area contributed by atoms with E-state index in [4.69, 9.17) is 4.74 Å². The quantitative estimate of drug-likeness (QED) is 0.534. The van der Waals surface area contributed by atoms with Gasteiger partial charge in [-0.05, 0) is 47.5 Å². The van der Waals surface area contributed by atoms with E-state index in [2.05, 4.69) is 0 Å². The van der Waals surface area contributed by atoms with E-state index in [1.54, 1.807) is 43.3 Å². The van der Waals surface area contributed by atoms with E-state index in [-0.39, 0.29) is 12.5 Å². The highest BCUT2D eigenvalue weighted by molar-refractivity contribution is 7.92. The molecular weight excluding hydrogens is 412 g/mol. The first-order valence-corrected chi connectivity index (χ1v) is 11.6. The van der Waals surface area contributed by atoms with Crippen LogP contribution in [-0.2, 0) is 23.1 Å². The Hall–Kier alpha value is -3.32. The van der Waals surface area contributed by atoms with Crippen molar-refractivity contribution in [1.29, 1.82) is 0 Å². The summed E-state index contributed by atoms with van der Waals surface area (Å²) in [4.78, 5) is 14.4. The number of hydrogen-bond acceptors (Lipinski definition) is 4. The molecule has 0 spiro atoms. The lowest BCUT2D eigenvalue weighted by Gasteiger charge is -2.23. The Labute approximate surface area is 183 Å². The van der Waals surface area contributed by atoms with Crippen molar-refractivity contribution in [1.82, 2.24) is 4.90 Å². The van der Waals surface area contributed by atoms with Crippen LogP contribution in [-0.4, -0.2) is 39.6 Å². The van der Waals surface area contributed by atoms with Crippen LogP contribution in [0.3, 0.4) is 0 Å². The van der Waals surface area contributed by atoms with E-state index < -0.39 is 10.0 Å². The van der Waals surface area contributed by atoms with Gasteiger partial charge >= 0.3 is 0 Å². The third-order valence-corrected chi connectivity index (χ3v) is 6.04. The number of sulfonamides is 1. The van der Waals surface area contributed by atoms with E-state index in [1.165, 1.54) is 10.6 Å². The van der Waals surface area contributed by atoms with Gasteiger partial charge in [0.05, 0.1) is 25.6 Å². The van der Waals surface area contributed by atoms with Crippen molar-refractivity contribution in [3.05, 3.63) is 95.6 Å². The average molecular weight is 439 g/mol. The van der Waals surface area contributed by atoms with Gasteiger partial charge in [0.2, 0.25) is 10.0 Å². The molecule has 0 unspecified atom stereocenters. The van der Waals surface area contributed by atoms with Crippen LogP contribution in [0, 0.1) is 0 Å². The summed E-state index contributed by atoms with van der Waals surface area (Å²) in [6.45, 7) is 0.679. The summed E-state index contributed by atoms with van der Waals surface area (Å²) in [5.41, 5.74) is 2.88. The molecule has 162 valence electrons. The van der Waals surface area contributed by atoms with Gasteiger partial charge in [0.15, 0.2) is 0 Å². The molecule has 31 heavy (non-hydrogen) atoms. The predicted octanol–water partition coefficient (Wildman–Crippen LogP) is 3.93. The lowest BCUT2D eigenvalue weighted by Crippen LogP contribution is -2.29. The number of nitrogens with zero attached hydrogens (tertiary/aromatic N) is 2. The molecule has 0 fully saturated rings. The second kappa shape index (κ2) is 9.66. The van der Waals surface area contributed by atoms with Crippen molar-refractivity contribution in [3.63, 3.8) is 0 Å². The molecule has 6 nitrogen and oxygen atoms in total. The molecule has 3 aromatic carbocycles. The zero-order valence-corrected chi connectivity index (χ0v) is 18.7. The molecule has 7 heteroatoms. The Morgan fingerprint density at radius 2 is 1.42 bits per heavy atom. The van der Waals surface area contributed by atoms with Crippen LogP contribution in [0.25, 0.3) is 0 Å². The number of hydrogen-bond donors (Lipinski definition) is 0. The van der Waals surface area contributed by atoms with E-state index in [0.717, 1.165) is 16.9 Å². The van der Waals surface area contributed by atoms with Gasteiger partial charge in [-0.1, -0.05) is 42.5 Å². The Bertz CT molecular complexity index is 1110. The van der Waals surface area contributed by atoms with E-state index in [0.29, 0.717) is 17.8 Å². The number of rotatable bonds is 8. The fourth-order valence-corrected chi connectivity index (χ4v) is 4.10. The SMILES string of the molecule is COc1ccc(CN(C)C(=O)c2ccc(N(Cc3ccccc3)S(C)(=O)=O)cc2)cc1. The summed E-state index contributed by atoms with van der Waals surface area (Å²) in [6, 6.07) is 23.6. The molecule has 0 radical (unpaired) electrons. The standard InChI is InChI=1S/C24H26N2O4S/c1-25(17-20-9-15-23(30-2)16-10-20)24(27)21-11-13-22(14-12-21)26(31(3,28)29)18-19-7-5-4-6-8-19/h4-16H,17-18H2,1-3H3. The second-order valence-electron chi connectivity index (χ2n) is 7.31. The van der Waals surface area contributed by atoms with Crippen LogP contribution in [0.4, 0.5) is 5.69 Å². The fourth-order valence-electron chi connectivity index (χ4n) is 3.22. The number of ether oxygens (including phenoxy) is 1. The van der Waals surface area contributed by atoms with E-state index in [9.17, 15) is 13.2 Å². The topological polar surface area (TPSA) is 66.9 Å². The first-order chi connectivity index (χ1) is 14.8. The highest BCUT2D eigenvalue weighted by Gasteiger charge is 2.19. The fraction of sp³-hybridized carbons (Fsp3) is 0.208. The van der Waals surface area contributed by atoms with Crippen molar-refractivity contribution in [3.8, 4) is 5.75 Å². The molecule has 0 atom stereocenters. The molecule has 0 N–H and O–H groups in total. The van der Waals surface area contributed by atoms with Crippen molar-refractivity contribution in [2.24, 2.45) is 0 Å². The van der Waals surface area contributed by atoms with Gasteiger partial charge in [0.1, 0.15) is 5.75 Å². The molecule has 3 aromatic rings. The van der Waals surface area contributed by atoms with Crippen LogP contribution in [0.1, 0.15) is 21.5 Å². The molecule has 3 rings (SSSR count). The number of benzene rings is 3. The zero-order chi connectivity index (χ0) is 22.4. The van der Waals surface area contributed by atoms with Gasteiger partial charge < -0.3 is 9.64 Å². The van der Waals surface area contributed by atoms with Crippen molar-refractivity contribution in [2.45, 2.75) is 13.1 Å². The minimum absolute atomic E-state index is 0.142. The van der Waals surface area contributed by atoms with Crippen LogP contribution in [0.2, 0.25) is 0 Å². The van der Waals surface area contributed by atoms with Gasteiger partial charge in [0.25, 0.3) is 5.91 Å². The van der Waals surface area contributed by atoms with E-state index >= 15 is 0 Å². The summed E-state index contributed by atoms with van der Waals surface area (Å²) in [5.74, 6) is 0.621. The molecule has 0 saturated heterocycles. The van der Waals surface area contributed by atoms with Crippen LogP contribution >= 0.6 is 0 Å². The van der Waals surface area contributed by atoms with Gasteiger partial charge in [-0.25, -0.2) is 8.42 Å². The van der Waals surface area contributed by atoms with Gasteiger partial charge in [0, 0.05) is 19.2 Å². The minimum Gasteiger partial charge on any atom is -0.497 e. The van der Waals surface area contributed by atoms with Crippen LogP contribution in [0.15, 0.2) is 78.9 Å². The van der Waals surface area contributed by atoms with Gasteiger partial charge in [-0.3, -0.25) is 9.10 Å². The maximum atomic E-state index is 12.8. The molecule has 0 aromatic heterocycles. The molecular formula is C24H26N2O4S. The van der Waals surface area contributed by atoms with Crippen LogP contribution < -0.4 is 9.04 Å². The smallest absolute Gasteiger partial charge is 0.253 e. The highest BCUT2D eigenvalue weighted by Crippen LogP contribution is 2.22. The van der Waals surface area contributed by atoms with Crippen molar-refractivity contribution >= 4 is 21.6 Å². The molecule has 1 amide bonds. The zero-order valence-electron chi connectivity index (χ0n) is 17.9. The summed E-state index contributed by atoms with van der Waals surface area (Å²) in [7, 11) is -0.139. The van der Waals surface area contributed by atoms with Gasteiger partial charge in [-0.15, -0.1) is 0 Å². The number of carbonyl (C=O) groups excluding carboxylic acids is 1. The largest absolute Gasteiger partial charge is 0.497 e. The predicted molar refractivity (Wildman–Crippen MR) is 123 cm³/mol. The lowest BCUT2D eigenvalue weighted by atomic mass is 10.1. The highest BCUT2D eigenvalue weighted by atomic mass is 32.2. The summed E-state index contributed by atoms with van der Waals surface area (Å²) < 4.78 is 31.2. The summed E-state index contributed by atoms with van der Waals surface area (Å²) in [5, 5.41) is 0. The van der Waals surface area contributed by atoms with Gasteiger partial charge in [-0.2, -0.15) is 0 Å². The Morgan fingerprint density at radius 3 is 1.97 bits per heavy atom. The second-order valence-corrected chi connectivity index (χ2v) is 9.22. The Balaban J connectivity index is 1.74. The molecule has 0 heterocycles. The molecule has 0 saturated carbocycles. The van der Waals surface area contributed by atoms with E-state index in [1.807, 2.05) is 54.6 Å². The number of carbonyl (C=O) groups is 1. The maximum Gasteiger partial charge on any atom is 0.253 e. The summed E-state index contributed by atoms with van der Waals surface area (Å²) in [6.07, 6.45) is 1.18. The monoisotopic (exact) mass is 438 g/mol. The van der Waals surface area contributed by atoms with Crippen LogP contribution in [0.5, 0.6) is 5.75 Å². The third kappa shape index (κ3) is 5.86. The molecule has 0 aliphatic carbocycles. The van der Waals surface area contributed by atoms with Crippen molar-refractivity contribution in [2.75, 3.05) is 24.7 Å². The Morgan fingerprint density at radius 1 is 0.839 bits per heavy atom. The maximum absolute atomic E-state index is 12.8. The van der Waals surface area contributed by atoms with Crippen molar-refractivity contribution < 1.29 is 17.9 Å². The minimum atomic E-state index is -3.48. The summed E-state index contributed by atoms with van der Waals surface area (Å²) >= 11 is 0.